The van der Waals surface area contributed by atoms with Crippen LogP contribution in [0.5, 0.6) is 0 Å². The van der Waals surface area contributed by atoms with E-state index in [-0.39, 0.29) is 24.1 Å². The monoisotopic (exact) mass is 399 g/mol. The zero-order valence-electron chi connectivity index (χ0n) is 16.4. The van der Waals surface area contributed by atoms with Crippen molar-refractivity contribution in [3.8, 4) is 0 Å². The molecule has 0 saturated carbocycles. The number of rotatable bonds is 8. The van der Waals surface area contributed by atoms with E-state index in [0.29, 0.717) is 38.5 Å². The molecule has 2 N–H and O–H groups in total. The van der Waals surface area contributed by atoms with E-state index >= 15 is 0 Å². The van der Waals surface area contributed by atoms with E-state index in [1.807, 2.05) is 30.3 Å². The normalized spacial score (nSPS) is 13.6. The van der Waals surface area contributed by atoms with Crippen LogP contribution in [0.2, 0.25) is 0 Å². The number of carbonyl (C=O) groups is 3. The van der Waals surface area contributed by atoms with Crippen LogP contribution in [0, 0.1) is 0 Å². The van der Waals surface area contributed by atoms with Crippen molar-refractivity contribution in [1.29, 1.82) is 0 Å². The third kappa shape index (κ3) is 5.41. The van der Waals surface area contributed by atoms with Gasteiger partial charge in [-0.3, -0.25) is 19.1 Å². The Balaban J connectivity index is 1.62. The highest BCUT2D eigenvalue weighted by molar-refractivity contribution is 5.99. The molecule has 9 nitrogen and oxygen atoms in total. The van der Waals surface area contributed by atoms with Crippen molar-refractivity contribution in [2.75, 3.05) is 33.4 Å². The van der Waals surface area contributed by atoms with Gasteiger partial charge in [-0.05, 0) is 12.0 Å². The Morgan fingerprint density at radius 2 is 1.97 bits per heavy atom. The van der Waals surface area contributed by atoms with Gasteiger partial charge in [0.2, 0.25) is 5.91 Å². The van der Waals surface area contributed by atoms with Crippen LogP contribution in [0.15, 0.2) is 36.4 Å². The largest absolute Gasteiger partial charge is 0.383 e. The minimum Gasteiger partial charge on any atom is -0.383 e. The summed E-state index contributed by atoms with van der Waals surface area (Å²) in [5, 5.41) is 9.40. The topological polar surface area (TPSA) is 106 Å². The lowest BCUT2D eigenvalue weighted by atomic mass is 10.2. The van der Waals surface area contributed by atoms with E-state index in [1.54, 1.807) is 16.7 Å². The van der Waals surface area contributed by atoms with Gasteiger partial charge in [-0.25, -0.2) is 0 Å². The summed E-state index contributed by atoms with van der Waals surface area (Å²) in [6.07, 6.45) is 0.746. The van der Waals surface area contributed by atoms with Crippen LogP contribution >= 0.6 is 0 Å². The zero-order valence-corrected chi connectivity index (χ0v) is 16.4. The standard InChI is InChI=1S/C20H25N5O4/c1-29-11-8-21-18(26)13-22-19(27)16-12-17-20(28)24(9-5-10-25(17)23-16)14-15-6-3-2-4-7-15/h2-4,6-7,12H,5,8-11,13-14H2,1H3,(H,21,26)(H,22,27). The molecule has 0 aliphatic carbocycles. The number of amides is 3. The minimum atomic E-state index is -0.491. The Morgan fingerprint density at radius 3 is 2.72 bits per heavy atom. The van der Waals surface area contributed by atoms with Crippen LogP contribution in [0.25, 0.3) is 0 Å². The van der Waals surface area contributed by atoms with Crippen LogP contribution in [0.4, 0.5) is 0 Å². The number of aromatic nitrogens is 2. The summed E-state index contributed by atoms with van der Waals surface area (Å²) in [5.41, 5.74) is 1.55. The second-order valence-electron chi connectivity index (χ2n) is 6.73. The maximum atomic E-state index is 12.9. The van der Waals surface area contributed by atoms with Gasteiger partial charge in [0.1, 0.15) is 5.69 Å². The molecule has 9 heteroatoms. The third-order valence-electron chi connectivity index (χ3n) is 4.57. The molecule has 1 aliphatic rings. The SMILES string of the molecule is COCCNC(=O)CNC(=O)c1cc2n(n1)CCCN(Cc1ccccc1)C2=O. The van der Waals surface area contributed by atoms with Crippen molar-refractivity contribution < 1.29 is 19.1 Å². The lowest BCUT2D eigenvalue weighted by Crippen LogP contribution is -2.38. The summed E-state index contributed by atoms with van der Waals surface area (Å²) in [6.45, 7) is 2.29. The Bertz CT molecular complexity index is 865. The summed E-state index contributed by atoms with van der Waals surface area (Å²) in [6, 6.07) is 11.3. The van der Waals surface area contributed by atoms with E-state index in [0.717, 1.165) is 12.0 Å². The van der Waals surface area contributed by atoms with Crippen molar-refractivity contribution in [2.24, 2.45) is 0 Å². The van der Waals surface area contributed by atoms with Gasteiger partial charge in [0.05, 0.1) is 13.2 Å². The van der Waals surface area contributed by atoms with Crippen molar-refractivity contribution in [2.45, 2.75) is 19.5 Å². The first-order valence-electron chi connectivity index (χ1n) is 9.53. The number of fused-ring (bicyclic) bond motifs is 1. The van der Waals surface area contributed by atoms with Crippen LogP contribution in [-0.4, -0.2) is 65.8 Å². The Labute approximate surface area is 169 Å². The summed E-state index contributed by atoms with van der Waals surface area (Å²) < 4.78 is 6.42. The molecule has 0 radical (unpaired) electrons. The first-order valence-corrected chi connectivity index (χ1v) is 9.53. The number of nitrogens with zero attached hydrogens (tertiary/aromatic N) is 3. The predicted octanol–water partition coefficient (Wildman–Crippen LogP) is 0.422. The average molecular weight is 399 g/mol. The van der Waals surface area contributed by atoms with Crippen molar-refractivity contribution in [1.82, 2.24) is 25.3 Å². The van der Waals surface area contributed by atoms with Gasteiger partial charge in [0.25, 0.3) is 11.8 Å². The molecule has 3 amide bonds. The van der Waals surface area contributed by atoms with E-state index in [9.17, 15) is 14.4 Å². The number of nitrogens with one attached hydrogen (secondary N) is 2. The quantitative estimate of drug-likeness (QED) is 0.626. The van der Waals surface area contributed by atoms with Gasteiger partial charge >= 0.3 is 0 Å². The van der Waals surface area contributed by atoms with Crippen LogP contribution in [-0.2, 0) is 22.6 Å². The second kappa shape index (κ2) is 9.83. The molecule has 0 fully saturated rings. The molecule has 0 unspecified atom stereocenters. The average Bonchev–Trinajstić information content (AvgIpc) is 3.10. The number of carbonyl (C=O) groups excluding carboxylic acids is 3. The molecule has 1 aromatic heterocycles. The maximum absolute atomic E-state index is 12.9. The predicted molar refractivity (Wildman–Crippen MR) is 105 cm³/mol. The smallest absolute Gasteiger partial charge is 0.272 e. The second-order valence-corrected chi connectivity index (χ2v) is 6.73. The summed E-state index contributed by atoms with van der Waals surface area (Å²) in [7, 11) is 1.54. The molecule has 3 rings (SSSR count). The van der Waals surface area contributed by atoms with Gasteiger partial charge in [-0.1, -0.05) is 30.3 Å². The summed E-state index contributed by atoms with van der Waals surface area (Å²) >= 11 is 0. The van der Waals surface area contributed by atoms with Gasteiger partial charge in [-0.2, -0.15) is 5.10 Å². The summed E-state index contributed by atoms with van der Waals surface area (Å²) in [4.78, 5) is 38.8. The van der Waals surface area contributed by atoms with Crippen LogP contribution in [0.3, 0.4) is 0 Å². The van der Waals surface area contributed by atoms with Crippen molar-refractivity contribution in [3.05, 3.63) is 53.3 Å². The number of hydrogen-bond acceptors (Lipinski definition) is 5. The van der Waals surface area contributed by atoms with Crippen molar-refractivity contribution in [3.63, 3.8) is 0 Å². The maximum Gasteiger partial charge on any atom is 0.272 e. The Hall–Kier alpha value is -3.20. The number of aryl methyl sites for hydroxylation is 1. The van der Waals surface area contributed by atoms with Gasteiger partial charge in [0.15, 0.2) is 5.69 Å². The molecule has 29 heavy (non-hydrogen) atoms. The van der Waals surface area contributed by atoms with E-state index in [1.165, 1.54) is 6.07 Å². The van der Waals surface area contributed by atoms with Crippen LogP contribution < -0.4 is 10.6 Å². The highest BCUT2D eigenvalue weighted by atomic mass is 16.5. The molecular weight excluding hydrogens is 374 g/mol. The molecule has 0 atom stereocenters. The molecule has 154 valence electrons. The van der Waals surface area contributed by atoms with Crippen molar-refractivity contribution >= 4 is 17.7 Å². The first kappa shape index (κ1) is 20.5. The lowest BCUT2D eigenvalue weighted by Gasteiger charge is -2.20. The minimum absolute atomic E-state index is 0.125. The molecule has 2 aromatic rings. The number of ether oxygens (including phenoxy) is 1. The Morgan fingerprint density at radius 1 is 1.17 bits per heavy atom. The molecule has 1 aliphatic heterocycles. The third-order valence-corrected chi connectivity index (χ3v) is 4.57. The van der Waals surface area contributed by atoms with Gasteiger partial charge in [-0.15, -0.1) is 0 Å². The molecule has 0 spiro atoms. The lowest BCUT2D eigenvalue weighted by molar-refractivity contribution is -0.120. The molecule has 1 aromatic carbocycles. The molecular formula is C20H25N5O4. The van der Waals surface area contributed by atoms with Crippen LogP contribution in [0.1, 0.15) is 33.0 Å². The number of methoxy groups -OCH3 is 1. The molecule has 0 bridgehead atoms. The fourth-order valence-electron chi connectivity index (χ4n) is 3.11. The van der Waals surface area contributed by atoms with E-state index < -0.39 is 5.91 Å². The fraction of sp³-hybridized carbons (Fsp3) is 0.400. The zero-order chi connectivity index (χ0) is 20.6. The highest BCUT2D eigenvalue weighted by Crippen LogP contribution is 2.16. The Kier molecular flexibility index (Phi) is 6.96. The highest BCUT2D eigenvalue weighted by Gasteiger charge is 2.26. The molecule has 2 heterocycles. The number of hydrogen-bond donors (Lipinski definition) is 2. The van der Waals surface area contributed by atoms with Gasteiger partial charge in [0, 0.05) is 39.4 Å². The number of benzene rings is 1. The van der Waals surface area contributed by atoms with E-state index in [2.05, 4.69) is 15.7 Å². The van der Waals surface area contributed by atoms with Gasteiger partial charge < -0.3 is 20.3 Å². The summed E-state index contributed by atoms with van der Waals surface area (Å²) in [5.74, 6) is -0.966. The van der Waals surface area contributed by atoms with E-state index in [4.69, 9.17) is 4.74 Å². The molecule has 0 saturated heterocycles. The first-order chi connectivity index (χ1) is 14.1. The fourth-order valence-corrected chi connectivity index (χ4v) is 3.11.